The lowest BCUT2D eigenvalue weighted by Crippen LogP contribution is -2.53. The summed E-state index contributed by atoms with van der Waals surface area (Å²) >= 11 is 0. The van der Waals surface area contributed by atoms with E-state index in [0.29, 0.717) is 18.8 Å². The van der Waals surface area contributed by atoms with Crippen LogP contribution in [0.3, 0.4) is 0 Å². The first kappa shape index (κ1) is 14.3. The van der Waals surface area contributed by atoms with Crippen LogP contribution in [0.5, 0.6) is 0 Å². The van der Waals surface area contributed by atoms with Gasteiger partial charge in [-0.3, -0.25) is 4.79 Å². The Kier molecular flexibility index (Phi) is 4.16. The van der Waals surface area contributed by atoms with Crippen LogP contribution in [-0.4, -0.2) is 38.5 Å². The van der Waals surface area contributed by atoms with Gasteiger partial charge in [0.25, 0.3) is 5.91 Å². The van der Waals surface area contributed by atoms with Crippen LogP contribution >= 0.6 is 0 Å². The zero-order chi connectivity index (χ0) is 13.9. The van der Waals surface area contributed by atoms with Gasteiger partial charge in [0.05, 0.1) is 0 Å². The fourth-order valence-corrected chi connectivity index (χ4v) is 1.93. The van der Waals surface area contributed by atoms with Crippen molar-refractivity contribution in [3.8, 4) is 0 Å². The molecule has 5 nitrogen and oxygen atoms in total. The van der Waals surface area contributed by atoms with Crippen LogP contribution < -0.4 is 0 Å². The van der Waals surface area contributed by atoms with Crippen molar-refractivity contribution in [2.45, 2.75) is 39.8 Å². The van der Waals surface area contributed by atoms with E-state index in [2.05, 4.69) is 0 Å². The lowest BCUT2D eigenvalue weighted by atomic mass is 10.0. The molecule has 0 saturated carbocycles. The Morgan fingerprint density at radius 3 is 2.44 bits per heavy atom. The monoisotopic (exact) mass is 252 g/mol. The van der Waals surface area contributed by atoms with Crippen molar-refractivity contribution in [1.82, 2.24) is 9.47 Å². The topological polar surface area (TPSA) is 62.5 Å². The van der Waals surface area contributed by atoms with Gasteiger partial charge in [-0.15, -0.1) is 0 Å². The third-order valence-electron chi connectivity index (χ3n) is 3.15. The minimum absolute atomic E-state index is 0.253. The quantitative estimate of drug-likeness (QED) is 0.869. The highest BCUT2D eigenvalue weighted by Crippen LogP contribution is 2.18. The predicted molar refractivity (Wildman–Crippen MR) is 68.5 cm³/mol. The molecule has 0 radical (unpaired) electrons. The van der Waals surface area contributed by atoms with Crippen molar-refractivity contribution >= 4 is 11.9 Å². The molecule has 1 aromatic heterocycles. The van der Waals surface area contributed by atoms with E-state index in [0.717, 1.165) is 0 Å². The number of nitrogens with zero attached hydrogens (tertiary/aromatic N) is 2. The number of carboxylic acids is 1. The average molecular weight is 252 g/mol. The number of hydrogen-bond donors (Lipinski definition) is 1. The maximum absolute atomic E-state index is 12.4. The van der Waals surface area contributed by atoms with E-state index >= 15 is 0 Å². The molecule has 0 unspecified atom stereocenters. The van der Waals surface area contributed by atoms with Gasteiger partial charge in [0.2, 0.25) is 0 Å². The highest BCUT2D eigenvalue weighted by molar-refractivity contribution is 5.96. The molecular formula is C13H20N2O3. The zero-order valence-corrected chi connectivity index (χ0v) is 11.3. The molecule has 1 heterocycles. The Morgan fingerprint density at radius 2 is 2.00 bits per heavy atom. The van der Waals surface area contributed by atoms with Crippen molar-refractivity contribution < 1.29 is 14.7 Å². The summed E-state index contributed by atoms with van der Waals surface area (Å²) in [5.41, 5.74) is -0.692. The van der Waals surface area contributed by atoms with Crippen LogP contribution in [0.15, 0.2) is 18.3 Å². The molecule has 0 fully saturated rings. The summed E-state index contributed by atoms with van der Waals surface area (Å²) in [5, 5.41) is 9.21. The maximum Gasteiger partial charge on any atom is 0.329 e. The van der Waals surface area contributed by atoms with Crippen molar-refractivity contribution in [2.24, 2.45) is 0 Å². The molecule has 0 aliphatic rings. The first-order valence-electron chi connectivity index (χ1n) is 6.06. The number of carbonyl (C=O) groups excluding carboxylic acids is 1. The van der Waals surface area contributed by atoms with Gasteiger partial charge in [-0.25, -0.2) is 4.79 Å². The molecular weight excluding hydrogens is 232 g/mol. The molecule has 0 bridgehead atoms. The maximum atomic E-state index is 12.4. The summed E-state index contributed by atoms with van der Waals surface area (Å²) in [4.78, 5) is 25.0. The van der Waals surface area contributed by atoms with Crippen molar-refractivity contribution in [1.29, 1.82) is 0 Å². The van der Waals surface area contributed by atoms with Crippen molar-refractivity contribution in [2.75, 3.05) is 6.54 Å². The standard InChI is InChI=1S/C13H20N2O3/c1-5-14-9-7-8-10(14)11(16)15(6-2)13(3,4)12(17)18/h7-9H,5-6H2,1-4H3,(H,17,18). The fourth-order valence-electron chi connectivity index (χ4n) is 1.93. The van der Waals surface area contributed by atoms with Gasteiger partial charge in [-0.1, -0.05) is 0 Å². The van der Waals surface area contributed by atoms with Crippen LogP contribution in [0.25, 0.3) is 0 Å². The fraction of sp³-hybridized carbons (Fsp3) is 0.538. The molecule has 1 amide bonds. The SMILES string of the molecule is CCN(C(=O)c1cccn1CC)C(C)(C)C(=O)O. The lowest BCUT2D eigenvalue weighted by Gasteiger charge is -2.34. The van der Waals surface area contributed by atoms with Crippen LogP contribution in [-0.2, 0) is 11.3 Å². The number of likely N-dealkylation sites (N-methyl/N-ethyl adjacent to an activating group) is 1. The first-order chi connectivity index (χ1) is 8.36. The molecule has 0 aliphatic heterocycles. The van der Waals surface area contributed by atoms with E-state index in [-0.39, 0.29) is 5.91 Å². The molecule has 0 saturated heterocycles. The number of aromatic nitrogens is 1. The molecule has 1 aromatic rings. The third kappa shape index (κ3) is 2.39. The van der Waals surface area contributed by atoms with E-state index < -0.39 is 11.5 Å². The number of aryl methyl sites for hydroxylation is 1. The van der Waals surface area contributed by atoms with Crippen molar-refractivity contribution in [3.05, 3.63) is 24.0 Å². The van der Waals surface area contributed by atoms with Crippen molar-refractivity contribution in [3.63, 3.8) is 0 Å². The van der Waals surface area contributed by atoms with E-state index in [9.17, 15) is 14.7 Å². The summed E-state index contributed by atoms with van der Waals surface area (Å²) < 4.78 is 1.81. The highest BCUT2D eigenvalue weighted by atomic mass is 16.4. The summed E-state index contributed by atoms with van der Waals surface area (Å²) in [6.45, 7) is 7.83. The van der Waals surface area contributed by atoms with Gasteiger partial charge in [0, 0.05) is 19.3 Å². The van der Waals surface area contributed by atoms with Gasteiger partial charge in [0.15, 0.2) is 0 Å². The number of hydrogen-bond acceptors (Lipinski definition) is 2. The van der Waals surface area contributed by atoms with Gasteiger partial charge in [0.1, 0.15) is 11.2 Å². The van der Waals surface area contributed by atoms with E-state index in [1.165, 1.54) is 18.7 Å². The largest absolute Gasteiger partial charge is 0.480 e. The summed E-state index contributed by atoms with van der Waals surface area (Å²) in [5.74, 6) is -1.26. The zero-order valence-electron chi connectivity index (χ0n) is 11.3. The Labute approximate surface area is 107 Å². The Morgan fingerprint density at radius 1 is 1.39 bits per heavy atom. The van der Waals surface area contributed by atoms with Gasteiger partial charge < -0.3 is 14.6 Å². The summed E-state index contributed by atoms with van der Waals surface area (Å²) in [6, 6.07) is 3.50. The number of carbonyl (C=O) groups is 2. The molecule has 0 atom stereocenters. The Hall–Kier alpha value is -1.78. The van der Waals surface area contributed by atoms with E-state index in [1.54, 1.807) is 19.1 Å². The summed E-state index contributed by atoms with van der Waals surface area (Å²) in [7, 11) is 0. The Balaban J connectivity index is 3.11. The normalized spacial score (nSPS) is 11.3. The molecule has 18 heavy (non-hydrogen) atoms. The molecule has 0 spiro atoms. The smallest absolute Gasteiger partial charge is 0.329 e. The minimum atomic E-state index is -1.21. The molecule has 5 heteroatoms. The van der Waals surface area contributed by atoms with Crippen LogP contribution in [0.4, 0.5) is 0 Å². The first-order valence-corrected chi connectivity index (χ1v) is 6.06. The van der Waals surface area contributed by atoms with Gasteiger partial charge in [-0.2, -0.15) is 0 Å². The molecule has 0 aromatic carbocycles. The number of amides is 1. The number of carboxylic acid groups (broad SMARTS) is 1. The highest BCUT2D eigenvalue weighted by Gasteiger charge is 2.37. The second kappa shape index (κ2) is 5.25. The molecule has 100 valence electrons. The van der Waals surface area contributed by atoms with Gasteiger partial charge >= 0.3 is 5.97 Å². The number of rotatable bonds is 5. The number of aliphatic carboxylic acids is 1. The minimum Gasteiger partial charge on any atom is -0.480 e. The predicted octanol–water partition coefficient (Wildman–Crippen LogP) is 1.83. The van der Waals surface area contributed by atoms with Crippen LogP contribution in [0.1, 0.15) is 38.2 Å². The average Bonchev–Trinajstić information content (AvgIpc) is 2.77. The van der Waals surface area contributed by atoms with E-state index in [1.807, 2.05) is 17.7 Å². The molecule has 1 rings (SSSR count). The van der Waals surface area contributed by atoms with Crippen LogP contribution in [0.2, 0.25) is 0 Å². The molecule has 0 aliphatic carbocycles. The summed E-state index contributed by atoms with van der Waals surface area (Å²) in [6.07, 6.45) is 1.81. The van der Waals surface area contributed by atoms with Gasteiger partial charge in [-0.05, 0) is 39.8 Å². The Bertz CT molecular complexity index is 449. The second-order valence-corrected chi connectivity index (χ2v) is 4.59. The molecule has 1 N–H and O–H groups in total. The lowest BCUT2D eigenvalue weighted by molar-refractivity contribution is -0.147. The van der Waals surface area contributed by atoms with E-state index in [4.69, 9.17) is 0 Å². The third-order valence-corrected chi connectivity index (χ3v) is 3.15. The second-order valence-electron chi connectivity index (χ2n) is 4.59. The van der Waals surface area contributed by atoms with Crippen LogP contribution in [0, 0.1) is 0 Å².